The van der Waals surface area contributed by atoms with Crippen molar-refractivity contribution in [3.05, 3.63) is 35.1 Å². The predicted molar refractivity (Wildman–Crippen MR) is 112 cm³/mol. The first kappa shape index (κ1) is 23.1. The maximum absolute atomic E-state index is 13.8. The largest absolute Gasteiger partial charge is 0.466 e. The monoisotopic (exact) mass is 488 g/mol. The van der Waals surface area contributed by atoms with Crippen molar-refractivity contribution in [3.8, 4) is 6.07 Å². The molecule has 1 aliphatic carbocycles. The van der Waals surface area contributed by atoms with Gasteiger partial charge < -0.3 is 15.4 Å². The number of benzene rings is 1. The molecule has 1 saturated carbocycles. The van der Waals surface area contributed by atoms with Gasteiger partial charge in [-0.15, -0.1) is 24.0 Å². The van der Waals surface area contributed by atoms with Gasteiger partial charge >= 0.3 is 5.97 Å². The highest BCUT2D eigenvalue weighted by Gasteiger charge is 2.27. The number of carbonyl (C=O) groups is 1. The van der Waals surface area contributed by atoms with Crippen LogP contribution in [0.1, 0.15) is 43.7 Å². The van der Waals surface area contributed by atoms with Crippen LogP contribution < -0.4 is 10.6 Å². The van der Waals surface area contributed by atoms with Crippen LogP contribution in [0.5, 0.6) is 0 Å². The molecule has 27 heavy (non-hydrogen) atoms. The second-order valence-corrected chi connectivity index (χ2v) is 6.29. The van der Waals surface area contributed by atoms with Crippen molar-refractivity contribution in [2.24, 2.45) is 10.9 Å². The molecule has 0 bridgehead atoms. The van der Waals surface area contributed by atoms with Crippen LogP contribution in [0.4, 0.5) is 4.39 Å². The van der Waals surface area contributed by atoms with Gasteiger partial charge in [0.15, 0.2) is 5.96 Å². The van der Waals surface area contributed by atoms with Crippen molar-refractivity contribution in [3.63, 3.8) is 0 Å². The molecule has 1 fully saturated rings. The van der Waals surface area contributed by atoms with Gasteiger partial charge in [0.1, 0.15) is 5.82 Å². The third-order valence-electron chi connectivity index (χ3n) is 4.53. The van der Waals surface area contributed by atoms with Crippen LogP contribution in [0.3, 0.4) is 0 Å². The number of nitrogens with zero attached hydrogens (tertiary/aromatic N) is 2. The number of halogens is 2. The molecule has 0 spiro atoms. The summed E-state index contributed by atoms with van der Waals surface area (Å²) < 4.78 is 18.9. The number of ether oxygens (including phenoxy) is 1. The lowest BCUT2D eigenvalue weighted by Gasteiger charge is -2.29. The van der Waals surface area contributed by atoms with Crippen LogP contribution in [0.15, 0.2) is 23.2 Å². The van der Waals surface area contributed by atoms with E-state index in [0.717, 1.165) is 25.7 Å². The molecule has 0 heterocycles. The second-order valence-electron chi connectivity index (χ2n) is 6.29. The van der Waals surface area contributed by atoms with Gasteiger partial charge in [-0.1, -0.05) is 0 Å². The van der Waals surface area contributed by atoms with Crippen molar-refractivity contribution in [1.82, 2.24) is 10.6 Å². The summed E-state index contributed by atoms with van der Waals surface area (Å²) in [5, 5.41) is 15.3. The molecular formula is C19H26FIN4O2. The van der Waals surface area contributed by atoms with E-state index in [2.05, 4.69) is 15.6 Å². The zero-order chi connectivity index (χ0) is 18.9. The Morgan fingerprint density at radius 1 is 1.37 bits per heavy atom. The molecule has 1 aliphatic rings. The van der Waals surface area contributed by atoms with E-state index in [9.17, 15) is 9.18 Å². The summed E-state index contributed by atoms with van der Waals surface area (Å²) in [4.78, 5) is 16.0. The standard InChI is InChI=1S/C19H25FN4O2.HI/c1-3-26-18(25)14-5-7-16(8-6-14)24-19(22-2)23-12-15-10-13(11-21)4-9-17(15)20;/h4,9-10,14,16H,3,5-8,12H2,1-2H3,(H2,22,23,24);1H. The smallest absolute Gasteiger partial charge is 0.308 e. The van der Waals surface area contributed by atoms with E-state index in [1.807, 2.05) is 13.0 Å². The highest BCUT2D eigenvalue weighted by Crippen LogP contribution is 2.25. The Kier molecular flexibility index (Phi) is 10.1. The molecule has 0 aliphatic heterocycles. The summed E-state index contributed by atoms with van der Waals surface area (Å²) in [6.07, 6.45) is 3.27. The Hall–Kier alpha value is -1.89. The van der Waals surface area contributed by atoms with Gasteiger partial charge in [-0.05, 0) is 50.8 Å². The number of carbonyl (C=O) groups excluding carboxylic acids is 1. The van der Waals surface area contributed by atoms with Crippen LogP contribution in [-0.2, 0) is 16.1 Å². The van der Waals surface area contributed by atoms with Crippen LogP contribution in [0.2, 0.25) is 0 Å². The lowest BCUT2D eigenvalue weighted by Crippen LogP contribution is -2.45. The van der Waals surface area contributed by atoms with Crippen molar-refractivity contribution in [1.29, 1.82) is 5.26 Å². The molecule has 2 N–H and O–H groups in total. The molecule has 0 amide bonds. The zero-order valence-electron chi connectivity index (χ0n) is 15.6. The molecule has 1 aromatic rings. The van der Waals surface area contributed by atoms with E-state index >= 15 is 0 Å². The molecular weight excluding hydrogens is 462 g/mol. The van der Waals surface area contributed by atoms with Gasteiger partial charge in [0.05, 0.1) is 24.2 Å². The Bertz CT molecular complexity index is 697. The van der Waals surface area contributed by atoms with E-state index in [1.54, 1.807) is 7.05 Å². The number of hydrogen-bond donors (Lipinski definition) is 2. The third kappa shape index (κ3) is 6.97. The van der Waals surface area contributed by atoms with Crippen LogP contribution in [-0.4, -0.2) is 31.6 Å². The summed E-state index contributed by atoms with van der Waals surface area (Å²) in [5.74, 6) is 0.0836. The molecule has 0 aromatic heterocycles. The highest BCUT2D eigenvalue weighted by atomic mass is 127. The molecule has 0 unspecified atom stereocenters. The van der Waals surface area contributed by atoms with Crippen LogP contribution in [0, 0.1) is 23.1 Å². The van der Waals surface area contributed by atoms with Gasteiger partial charge in [0.2, 0.25) is 0 Å². The first-order valence-electron chi connectivity index (χ1n) is 8.89. The van der Waals surface area contributed by atoms with Gasteiger partial charge in [0.25, 0.3) is 0 Å². The SMILES string of the molecule is CCOC(=O)C1CCC(NC(=NC)NCc2cc(C#N)ccc2F)CC1.I. The van der Waals surface area contributed by atoms with E-state index in [4.69, 9.17) is 10.00 Å². The van der Waals surface area contributed by atoms with Gasteiger partial charge in [-0.25, -0.2) is 4.39 Å². The quantitative estimate of drug-likeness (QED) is 0.288. The summed E-state index contributed by atoms with van der Waals surface area (Å²) in [6.45, 7) is 2.46. The number of nitrogens with one attached hydrogen (secondary N) is 2. The van der Waals surface area contributed by atoms with E-state index < -0.39 is 0 Å². The van der Waals surface area contributed by atoms with Crippen molar-refractivity contribution >= 4 is 35.9 Å². The fourth-order valence-corrected chi connectivity index (χ4v) is 3.08. The summed E-state index contributed by atoms with van der Waals surface area (Å²) >= 11 is 0. The van der Waals surface area contributed by atoms with Crippen molar-refractivity contribution < 1.29 is 13.9 Å². The lowest BCUT2D eigenvalue weighted by atomic mass is 9.86. The fraction of sp³-hybridized carbons (Fsp3) is 0.526. The van der Waals surface area contributed by atoms with Crippen molar-refractivity contribution in [2.75, 3.05) is 13.7 Å². The van der Waals surface area contributed by atoms with Crippen molar-refractivity contribution in [2.45, 2.75) is 45.2 Å². The number of nitriles is 1. The van der Waals surface area contributed by atoms with Gasteiger partial charge in [0, 0.05) is 25.2 Å². The molecule has 8 heteroatoms. The van der Waals surface area contributed by atoms with Gasteiger partial charge in [-0.3, -0.25) is 9.79 Å². The van der Waals surface area contributed by atoms with E-state index in [-0.39, 0.29) is 54.3 Å². The normalized spacial score (nSPS) is 19.4. The minimum atomic E-state index is -0.359. The van der Waals surface area contributed by atoms with Gasteiger partial charge in [-0.2, -0.15) is 5.26 Å². The van der Waals surface area contributed by atoms with Crippen LogP contribution >= 0.6 is 24.0 Å². The maximum atomic E-state index is 13.8. The molecule has 0 saturated heterocycles. The first-order valence-corrected chi connectivity index (χ1v) is 8.89. The average molecular weight is 488 g/mol. The zero-order valence-corrected chi connectivity index (χ0v) is 18.0. The number of esters is 1. The van der Waals surface area contributed by atoms with Crippen LogP contribution in [0.25, 0.3) is 0 Å². The molecule has 148 valence electrons. The predicted octanol–water partition coefficient (Wildman–Crippen LogP) is 3.10. The summed E-state index contributed by atoms with van der Waals surface area (Å²) in [5.41, 5.74) is 0.835. The molecule has 0 atom stereocenters. The molecule has 2 rings (SSSR count). The Labute approximate surface area is 176 Å². The summed E-state index contributed by atoms with van der Waals surface area (Å²) in [6, 6.07) is 6.49. The molecule has 0 radical (unpaired) electrons. The molecule has 1 aromatic carbocycles. The van der Waals surface area contributed by atoms with E-state index in [1.165, 1.54) is 18.2 Å². The Balaban J connectivity index is 0.00000364. The Morgan fingerprint density at radius 2 is 2.07 bits per heavy atom. The Morgan fingerprint density at radius 3 is 2.67 bits per heavy atom. The minimum Gasteiger partial charge on any atom is -0.466 e. The average Bonchev–Trinajstić information content (AvgIpc) is 2.66. The highest BCUT2D eigenvalue weighted by molar-refractivity contribution is 14.0. The van der Waals surface area contributed by atoms with E-state index in [0.29, 0.717) is 23.7 Å². The fourth-order valence-electron chi connectivity index (χ4n) is 3.08. The lowest BCUT2D eigenvalue weighted by molar-refractivity contribution is -0.149. The first-order chi connectivity index (χ1) is 12.6. The number of rotatable bonds is 5. The number of aliphatic imine (C=N–C) groups is 1. The molecule has 6 nitrogen and oxygen atoms in total. The third-order valence-corrected chi connectivity index (χ3v) is 4.53. The maximum Gasteiger partial charge on any atom is 0.308 e. The summed E-state index contributed by atoms with van der Waals surface area (Å²) in [7, 11) is 1.65. The topological polar surface area (TPSA) is 86.5 Å². The minimum absolute atomic E-state index is 0. The number of guanidine groups is 1. The second kappa shape index (κ2) is 11.7. The number of hydrogen-bond acceptors (Lipinski definition) is 4.